The molecule has 0 aliphatic carbocycles. The Morgan fingerprint density at radius 2 is 1.96 bits per heavy atom. The number of aromatic hydroxyl groups is 1. The van der Waals surface area contributed by atoms with Gasteiger partial charge in [0.05, 0.1) is 12.1 Å². The van der Waals surface area contributed by atoms with Crippen LogP contribution < -0.4 is 10.6 Å². The van der Waals surface area contributed by atoms with Gasteiger partial charge in [-0.05, 0) is 48.7 Å². The maximum atomic E-state index is 9.54. The Bertz CT molecular complexity index is 887. The molecule has 5 nitrogen and oxygen atoms in total. The molecule has 0 radical (unpaired) electrons. The summed E-state index contributed by atoms with van der Waals surface area (Å²) in [5, 5.41) is 17.3. The van der Waals surface area contributed by atoms with Crippen LogP contribution in [0.1, 0.15) is 18.1 Å². The molecule has 0 saturated carbocycles. The lowest BCUT2D eigenvalue weighted by Crippen LogP contribution is -2.38. The van der Waals surface area contributed by atoms with E-state index < -0.39 is 0 Å². The second kappa shape index (κ2) is 8.85. The minimum Gasteiger partial charge on any atom is -0.508 e. The molecule has 0 aliphatic heterocycles. The summed E-state index contributed by atoms with van der Waals surface area (Å²) in [6, 6.07) is 17.5. The van der Waals surface area contributed by atoms with Gasteiger partial charge in [-0.1, -0.05) is 30.3 Å². The molecule has 3 rings (SSSR count). The summed E-state index contributed by atoms with van der Waals surface area (Å²) >= 11 is 0. The Kier molecular flexibility index (Phi) is 6.04. The highest BCUT2D eigenvalue weighted by Gasteiger charge is 2.02. The first-order valence-corrected chi connectivity index (χ1v) is 8.89. The molecular formula is C21H24N4O. The summed E-state index contributed by atoms with van der Waals surface area (Å²) in [6.45, 7) is 4.18. The van der Waals surface area contributed by atoms with Crippen LogP contribution in [0.15, 0.2) is 65.8 Å². The van der Waals surface area contributed by atoms with Crippen molar-refractivity contribution in [2.75, 3.05) is 13.1 Å². The number of phenolic OH excluding ortho intramolecular Hbond substituents is 1. The number of guanidine groups is 1. The van der Waals surface area contributed by atoms with Crippen molar-refractivity contribution in [1.29, 1.82) is 0 Å². The van der Waals surface area contributed by atoms with E-state index in [1.54, 1.807) is 12.1 Å². The molecule has 0 spiro atoms. The second-order valence-corrected chi connectivity index (χ2v) is 6.03. The molecule has 5 heteroatoms. The number of nitrogens with zero attached hydrogens (tertiary/aromatic N) is 2. The molecule has 0 bridgehead atoms. The first-order valence-electron chi connectivity index (χ1n) is 8.89. The van der Waals surface area contributed by atoms with Crippen molar-refractivity contribution in [3.63, 3.8) is 0 Å². The van der Waals surface area contributed by atoms with E-state index in [2.05, 4.69) is 21.7 Å². The highest BCUT2D eigenvalue weighted by atomic mass is 16.3. The van der Waals surface area contributed by atoms with Crippen LogP contribution in [-0.2, 0) is 13.0 Å². The van der Waals surface area contributed by atoms with E-state index in [0.29, 0.717) is 12.3 Å². The summed E-state index contributed by atoms with van der Waals surface area (Å²) < 4.78 is 0. The Morgan fingerprint density at radius 1 is 1.08 bits per heavy atom. The lowest BCUT2D eigenvalue weighted by Gasteiger charge is -2.12. The first kappa shape index (κ1) is 17.7. The summed E-state index contributed by atoms with van der Waals surface area (Å²) in [4.78, 5) is 9.10. The lowest BCUT2D eigenvalue weighted by atomic mass is 10.1. The molecule has 0 unspecified atom stereocenters. The van der Waals surface area contributed by atoms with Gasteiger partial charge in [0.2, 0.25) is 0 Å². The van der Waals surface area contributed by atoms with Gasteiger partial charge >= 0.3 is 0 Å². The predicted octanol–water partition coefficient (Wildman–Crippen LogP) is 3.24. The number of hydrogen-bond donors (Lipinski definition) is 3. The van der Waals surface area contributed by atoms with Crippen LogP contribution in [0, 0.1) is 0 Å². The Hall–Kier alpha value is -3.08. The van der Waals surface area contributed by atoms with Crippen LogP contribution >= 0.6 is 0 Å². The summed E-state index contributed by atoms with van der Waals surface area (Å²) in [6.07, 6.45) is 2.65. The Morgan fingerprint density at radius 3 is 2.81 bits per heavy atom. The van der Waals surface area contributed by atoms with E-state index in [1.165, 1.54) is 0 Å². The zero-order valence-corrected chi connectivity index (χ0v) is 14.9. The highest BCUT2D eigenvalue weighted by Crippen LogP contribution is 2.16. The van der Waals surface area contributed by atoms with Crippen LogP contribution in [0.3, 0.4) is 0 Å². The SMILES string of the molecule is CCNC(=NCc1ccnc2ccccc12)NCCc1cccc(O)c1. The minimum absolute atomic E-state index is 0.299. The van der Waals surface area contributed by atoms with Crippen LogP contribution in [0.4, 0.5) is 0 Å². The average molecular weight is 348 g/mol. The van der Waals surface area contributed by atoms with E-state index in [9.17, 15) is 5.11 Å². The van der Waals surface area contributed by atoms with Gasteiger partial charge in [0.15, 0.2) is 5.96 Å². The molecule has 2 aromatic carbocycles. The van der Waals surface area contributed by atoms with Crippen molar-refractivity contribution in [3.8, 4) is 5.75 Å². The first-order chi connectivity index (χ1) is 12.8. The van der Waals surface area contributed by atoms with Crippen LogP contribution in [0.2, 0.25) is 0 Å². The maximum Gasteiger partial charge on any atom is 0.191 e. The number of fused-ring (bicyclic) bond motifs is 1. The molecule has 1 heterocycles. The monoisotopic (exact) mass is 348 g/mol. The molecule has 1 aromatic heterocycles. The zero-order chi connectivity index (χ0) is 18.2. The number of rotatable bonds is 6. The predicted molar refractivity (Wildman–Crippen MR) is 106 cm³/mol. The number of aliphatic imine (C=N–C) groups is 1. The van der Waals surface area contributed by atoms with Crippen LogP contribution in [0.5, 0.6) is 5.75 Å². The summed E-state index contributed by atoms with van der Waals surface area (Å²) in [7, 11) is 0. The standard InChI is InChI=1S/C21H24N4O/c1-2-22-21(24-12-10-16-6-5-7-18(26)14-16)25-15-17-11-13-23-20-9-4-3-8-19(17)20/h3-9,11,13-14,26H,2,10,12,15H2,1H3,(H2,22,24,25). The summed E-state index contributed by atoms with van der Waals surface area (Å²) in [5.74, 6) is 1.08. The molecule has 26 heavy (non-hydrogen) atoms. The fourth-order valence-electron chi connectivity index (χ4n) is 2.84. The number of hydrogen-bond acceptors (Lipinski definition) is 3. The molecule has 0 fully saturated rings. The van der Waals surface area contributed by atoms with Crippen molar-refractivity contribution in [2.45, 2.75) is 19.9 Å². The zero-order valence-electron chi connectivity index (χ0n) is 14.9. The third-order valence-corrected chi connectivity index (χ3v) is 4.11. The largest absolute Gasteiger partial charge is 0.508 e. The Balaban J connectivity index is 1.65. The van der Waals surface area contributed by atoms with E-state index in [0.717, 1.165) is 47.5 Å². The fraction of sp³-hybridized carbons (Fsp3) is 0.238. The molecule has 0 saturated heterocycles. The lowest BCUT2D eigenvalue weighted by molar-refractivity contribution is 0.474. The van der Waals surface area contributed by atoms with Gasteiger partial charge in [-0.15, -0.1) is 0 Å². The highest BCUT2D eigenvalue weighted by molar-refractivity contribution is 5.83. The molecular weight excluding hydrogens is 324 g/mol. The van der Waals surface area contributed by atoms with Gasteiger partial charge in [0.25, 0.3) is 0 Å². The van der Waals surface area contributed by atoms with Gasteiger partial charge in [-0.3, -0.25) is 4.98 Å². The van der Waals surface area contributed by atoms with E-state index in [4.69, 9.17) is 4.99 Å². The smallest absolute Gasteiger partial charge is 0.191 e. The van der Waals surface area contributed by atoms with Crippen LogP contribution in [0.25, 0.3) is 10.9 Å². The molecule has 0 amide bonds. The molecule has 0 aliphatic rings. The fourth-order valence-corrected chi connectivity index (χ4v) is 2.84. The van der Waals surface area contributed by atoms with Crippen molar-refractivity contribution < 1.29 is 5.11 Å². The van der Waals surface area contributed by atoms with Crippen LogP contribution in [-0.4, -0.2) is 29.1 Å². The van der Waals surface area contributed by atoms with Gasteiger partial charge in [0, 0.05) is 24.7 Å². The van der Waals surface area contributed by atoms with Gasteiger partial charge < -0.3 is 15.7 Å². The number of phenols is 1. The summed E-state index contributed by atoms with van der Waals surface area (Å²) in [5.41, 5.74) is 3.23. The molecule has 3 N–H and O–H groups in total. The third kappa shape index (κ3) is 4.72. The number of pyridine rings is 1. The Labute approximate surface area is 153 Å². The van der Waals surface area contributed by atoms with Gasteiger partial charge in [0.1, 0.15) is 5.75 Å². The third-order valence-electron chi connectivity index (χ3n) is 4.11. The second-order valence-electron chi connectivity index (χ2n) is 6.03. The molecule has 134 valence electrons. The van der Waals surface area contributed by atoms with Crippen molar-refractivity contribution in [1.82, 2.24) is 15.6 Å². The van der Waals surface area contributed by atoms with Gasteiger partial charge in [-0.2, -0.15) is 0 Å². The van der Waals surface area contributed by atoms with Gasteiger partial charge in [-0.25, -0.2) is 4.99 Å². The van der Waals surface area contributed by atoms with Crippen molar-refractivity contribution in [3.05, 3.63) is 71.9 Å². The van der Waals surface area contributed by atoms with E-state index >= 15 is 0 Å². The number of para-hydroxylation sites is 1. The number of aromatic nitrogens is 1. The maximum absolute atomic E-state index is 9.54. The average Bonchev–Trinajstić information content (AvgIpc) is 2.66. The molecule has 3 aromatic rings. The van der Waals surface area contributed by atoms with Crippen molar-refractivity contribution in [2.24, 2.45) is 4.99 Å². The number of nitrogens with one attached hydrogen (secondary N) is 2. The quantitative estimate of drug-likeness (QED) is 0.472. The van der Waals surface area contributed by atoms with E-state index in [-0.39, 0.29) is 0 Å². The number of benzene rings is 2. The molecule has 0 atom stereocenters. The van der Waals surface area contributed by atoms with E-state index in [1.807, 2.05) is 49.5 Å². The topological polar surface area (TPSA) is 69.5 Å². The van der Waals surface area contributed by atoms with Crippen molar-refractivity contribution >= 4 is 16.9 Å². The minimum atomic E-state index is 0.299. The normalized spacial score (nSPS) is 11.5.